The standard InChI is InChI=1S/C15H27N3O/c1-13(2)12-19-10-9-18-7-4-5-14(11-18)15-16-6-8-17(15)3/h6,8,13-14H,4-5,7,9-12H2,1-3H3/t14-/m1/s1. The number of hydrogen-bond acceptors (Lipinski definition) is 3. The molecule has 0 aromatic carbocycles. The number of piperidine rings is 1. The Kier molecular flexibility index (Phi) is 5.40. The number of likely N-dealkylation sites (tertiary alicyclic amines) is 1. The van der Waals surface area contributed by atoms with Gasteiger partial charge >= 0.3 is 0 Å². The predicted molar refractivity (Wildman–Crippen MR) is 77.3 cm³/mol. The van der Waals surface area contributed by atoms with Gasteiger partial charge in [0, 0.05) is 45.1 Å². The molecule has 4 nitrogen and oxygen atoms in total. The number of aromatic nitrogens is 2. The highest BCUT2D eigenvalue weighted by molar-refractivity contribution is 5.02. The minimum Gasteiger partial charge on any atom is -0.380 e. The van der Waals surface area contributed by atoms with Gasteiger partial charge in [-0.2, -0.15) is 0 Å². The third kappa shape index (κ3) is 4.32. The van der Waals surface area contributed by atoms with Crippen LogP contribution in [0.3, 0.4) is 0 Å². The highest BCUT2D eigenvalue weighted by atomic mass is 16.5. The van der Waals surface area contributed by atoms with Crippen LogP contribution < -0.4 is 0 Å². The van der Waals surface area contributed by atoms with Crippen molar-refractivity contribution in [2.24, 2.45) is 13.0 Å². The molecular weight excluding hydrogens is 238 g/mol. The third-order valence-electron chi connectivity index (χ3n) is 3.73. The highest BCUT2D eigenvalue weighted by Gasteiger charge is 2.23. The molecule has 0 saturated carbocycles. The Hall–Kier alpha value is -0.870. The molecule has 19 heavy (non-hydrogen) atoms. The Labute approximate surface area is 116 Å². The Morgan fingerprint density at radius 1 is 1.47 bits per heavy atom. The maximum absolute atomic E-state index is 5.68. The van der Waals surface area contributed by atoms with Crippen molar-refractivity contribution in [1.82, 2.24) is 14.5 Å². The van der Waals surface area contributed by atoms with Crippen LogP contribution in [0.5, 0.6) is 0 Å². The van der Waals surface area contributed by atoms with E-state index < -0.39 is 0 Å². The van der Waals surface area contributed by atoms with E-state index in [9.17, 15) is 0 Å². The molecule has 2 heterocycles. The number of ether oxygens (including phenoxy) is 1. The van der Waals surface area contributed by atoms with E-state index in [1.165, 1.54) is 25.2 Å². The molecule has 1 saturated heterocycles. The van der Waals surface area contributed by atoms with Crippen molar-refractivity contribution in [3.05, 3.63) is 18.2 Å². The second kappa shape index (κ2) is 7.06. The summed E-state index contributed by atoms with van der Waals surface area (Å²) < 4.78 is 7.84. The molecule has 1 atom stereocenters. The third-order valence-corrected chi connectivity index (χ3v) is 3.73. The Morgan fingerprint density at radius 2 is 2.32 bits per heavy atom. The monoisotopic (exact) mass is 265 g/mol. The fourth-order valence-corrected chi connectivity index (χ4v) is 2.75. The van der Waals surface area contributed by atoms with Crippen molar-refractivity contribution < 1.29 is 4.74 Å². The molecule has 1 aromatic heterocycles. The lowest BCUT2D eigenvalue weighted by atomic mass is 9.97. The molecule has 0 radical (unpaired) electrons. The number of aryl methyl sites for hydroxylation is 1. The van der Waals surface area contributed by atoms with Gasteiger partial charge in [-0.1, -0.05) is 13.8 Å². The average molecular weight is 265 g/mol. The lowest BCUT2D eigenvalue weighted by Gasteiger charge is -2.32. The molecule has 0 aliphatic carbocycles. The van der Waals surface area contributed by atoms with Gasteiger partial charge < -0.3 is 14.2 Å². The van der Waals surface area contributed by atoms with Crippen molar-refractivity contribution in [2.75, 3.05) is 32.8 Å². The molecule has 0 unspecified atom stereocenters. The van der Waals surface area contributed by atoms with E-state index in [2.05, 4.69) is 35.3 Å². The molecule has 1 aliphatic rings. The van der Waals surface area contributed by atoms with E-state index in [1.54, 1.807) is 0 Å². The van der Waals surface area contributed by atoms with Gasteiger partial charge in [-0.25, -0.2) is 4.98 Å². The quantitative estimate of drug-likeness (QED) is 0.739. The number of hydrogen-bond donors (Lipinski definition) is 0. The highest BCUT2D eigenvalue weighted by Crippen LogP contribution is 2.25. The van der Waals surface area contributed by atoms with Crippen LogP contribution in [-0.2, 0) is 11.8 Å². The summed E-state index contributed by atoms with van der Waals surface area (Å²) in [5, 5.41) is 0. The van der Waals surface area contributed by atoms with Crippen molar-refractivity contribution in [3.8, 4) is 0 Å². The van der Waals surface area contributed by atoms with Gasteiger partial charge in [0.1, 0.15) is 5.82 Å². The molecule has 1 fully saturated rings. The van der Waals surface area contributed by atoms with E-state index >= 15 is 0 Å². The van der Waals surface area contributed by atoms with Crippen LogP contribution in [0.25, 0.3) is 0 Å². The van der Waals surface area contributed by atoms with Gasteiger partial charge in [0.05, 0.1) is 6.61 Å². The lowest BCUT2D eigenvalue weighted by molar-refractivity contribution is 0.0764. The predicted octanol–water partition coefficient (Wildman–Crippen LogP) is 2.27. The summed E-state index contributed by atoms with van der Waals surface area (Å²) >= 11 is 0. The summed E-state index contributed by atoms with van der Waals surface area (Å²) in [5.41, 5.74) is 0. The zero-order valence-electron chi connectivity index (χ0n) is 12.5. The van der Waals surface area contributed by atoms with Crippen LogP contribution in [0.15, 0.2) is 12.4 Å². The van der Waals surface area contributed by atoms with Crippen LogP contribution >= 0.6 is 0 Å². The van der Waals surface area contributed by atoms with E-state index in [0.717, 1.165) is 26.3 Å². The molecule has 0 spiro atoms. The normalized spacial score (nSPS) is 21.2. The zero-order chi connectivity index (χ0) is 13.7. The van der Waals surface area contributed by atoms with Gasteiger partial charge in [0.15, 0.2) is 0 Å². The smallest absolute Gasteiger partial charge is 0.112 e. The molecule has 108 valence electrons. The Bertz CT molecular complexity index is 375. The Morgan fingerprint density at radius 3 is 3.00 bits per heavy atom. The van der Waals surface area contributed by atoms with Gasteiger partial charge in [0.25, 0.3) is 0 Å². The van der Waals surface area contributed by atoms with Gasteiger partial charge in [-0.3, -0.25) is 0 Å². The topological polar surface area (TPSA) is 30.3 Å². The average Bonchev–Trinajstić information content (AvgIpc) is 2.81. The number of imidazole rings is 1. The van der Waals surface area contributed by atoms with Gasteiger partial charge in [0.2, 0.25) is 0 Å². The van der Waals surface area contributed by atoms with E-state index in [0.29, 0.717) is 11.8 Å². The van der Waals surface area contributed by atoms with Gasteiger partial charge in [-0.05, 0) is 25.3 Å². The van der Waals surface area contributed by atoms with Crippen LogP contribution in [0.1, 0.15) is 38.4 Å². The van der Waals surface area contributed by atoms with Crippen LogP contribution in [-0.4, -0.2) is 47.3 Å². The zero-order valence-corrected chi connectivity index (χ0v) is 12.5. The minimum absolute atomic E-state index is 0.582. The van der Waals surface area contributed by atoms with Crippen LogP contribution in [0, 0.1) is 5.92 Å². The van der Waals surface area contributed by atoms with E-state index in [1.807, 2.05) is 12.4 Å². The van der Waals surface area contributed by atoms with Crippen molar-refractivity contribution in [2.45, 2.75) is 32.6 Å². The first-order valence-corrected chi connectivity index (χ1v) is 7.44. The van der Waals surface area contributed by atoms with Crippen molar-refractivity contribution in [3.63, 3.8) is 0 Å². The summed E-state index contributed by atoms with van der Waals surface area (Å²) in [6.45, 7) is 9.48. The first-order valence-electron chi connectivity index (χ1n) is 7.44. The largest absolute Gasteiger partial charge is 0.380 e. The second-order valence-electron chi connectivity index (χ2n) is 6.00. The molecule has 4 heteroatoms. The molecule has 0 N–H and O–H groups in total. The summed E-state index contributed by atoms with van der Waals surface area (Å²) in [4.78, 5) is 7.02. The maximum atomic E-state index is 5.68. The van der Waals surface area contributed by atoms with Crippen molar-refractivity contribution in [1.29, 1.82) is 0 Å². The molecule has 2 rings (SSSR count). The first kappa shape index (κ1) is 14.5. The summed E-state index contributed by atoms with van der Waals surface area (Å²) in [6.07, 6.45) is 6.47. The van der Waals surface area contributed by atoms with Gasteiger partial charge in [-0.15, -0.1) is 0 Å². The number of rotatable bonds is 6. The fraction of sp³-hybridized carbons (Fsp3) is 0.800. The maximum Gasteiger partial charge on any atom is 0.112 e. The summed E-state index contributed by atoms with van der Waals surface area (Å²) in [6, 6.07) is 0. The Balaban J connectivity index is 1.76. The van der Waals surface area contributed by atoms with Crippen LogP contribution in [0.4, 0.5) is 0 Å². The minimum atomic E-state index is 0.582. The molecular formula is C15H27N3O. The molecule has 1 aliphatic heterocycles. The SMILES string of the molecule is CC(C)COCCN1CCC[C@@H](c2nccn2C)C1. The van der Waals surface area contributed by atoms with Crippen LogP contribution in [0.2, 0.25) is 0 Å². The summed E-state index contributed by atoms with van der Waals surface area (Å²) in [5.74, 6) is 2.44. The molecule has 0 amide bonds. The second-order valence-corrected chi connectivity index (χ2v) is 6.00. The first-order chi connectivity index (χ1) is 9.16. The molecule has 1 aromatic rings. The van der Waals surface area contributed by atoms with E-state index in [-0.39, 0.29) is 0 Å². The van der Waals surface area contributed by atoms with Crippen molar-refractivity contribution >= 4 is 0 Å². The summed E-state index contributed by atoms with van der Waals surface area (Å²) in [7, 11) is 2.09. The fourth-order valence-electron chi connectivity index (χ4n) is 2.75. The number of nitrogens with zero attached hydrogens (tertiary/aromatic N) is 3. The molecule has 0 bridgehead atoms. The lowest BCUT2D eigenvalue weighted by Crippen LogP contribution is -2.37. The van der Waals surface area contributed by atoms with E-state index in [4.69, 9.17) is 4.74 Å².